The molecule has 0 saturated carbocycles. The van der Waals surface area contributed by atoms with Crippen LogP contribution in [-0.4, -0.2) is 29.1 Å². The highest BCUT2D eigenvalue weighted by Gasteiger charge is 2.11. The molecule has 3 nitrogen and oxygen atoms in total. The molecule has 0 aromatic rings. The molecule has 2 atom stereocenters. The quantitative estimate of drug-likeness (QED) is 0.575. The van der Waals surface area contributed by atoms with Gasteiger partial charge in [-0.15, -0.1) is 4.31 Å². The zero-order chi connectivity index (χ0) is 6.78. The summed E-state index contributed by atoms with van der Waals surface area (Å²) in [5, 5.41) is 0. The van der Waals surface area contributed by atoms with Gasteiger partial charge in [-0.05, 0) is 6.30 Å². The van der Waals surface area contributed by atoms with E-state index in [1.54, 1.807) is 0 Å². The van der Waals surface area contributed by atoms with Crippen LogP contribution in [0, 0.1) is 0 Å². The number of rotatable bonds is 2. The zero-order valence-corrected chi connectivity index (χ0v) is 6.40. The van der Waals surface area contributed by atoms with Crippen molar-refractivity contribution in [2.45, 2.75) is 0 Å². The van der Waals surface area contributed by atoms with Crippen LogP contribution in [0.1, 0.15) is 0 Å². The molecule has 8 heavy (non-hydrogen) atoms. The summed E-state index contributed by atoms with van der Waals surface area (Å²) in [5.41, 5.74) is 0. The smallest absolute Gasteiger partial charge is 0.350 e. The molecule has 2 N–H and O–H groups in total. The highest BCUT2D eigenvalue weighted by Crippen LogP contribution is 2.44. The zero-order valence-electron chi connectivity index (χ0n) is 4.61. The summed E-state index contributed by atoms with van der Waals surface area (Å²) >= 11 is 0. The minimum Gasteiger partial charge on any atom is -0.350 e. The van der Waals surface area contributed by atoms with Crippen molar-refractivity contribution in [2.24, 2.45) is 0 Å². The van der Waals surface area contributed by atoms with Crippen molar-refractivity contribution >= 4 is 27.9 Å². The van der Waals surface area contributed by atoms with Crippen LogP contribution in [0.2, 0.25) is 0 Å². The maximum Gasteiger partial charge on any atom is 0.425 e. The lowest BCUT2D eigenvalue weighted by molar-refractivity contribution is 0.474. The summed E-state index contributed by atoms with van der Waals surface area (Å²) in [6, 6.07) is 0. The summed E-state index contributed by atoms with van der Waals surface area (Å²) in [7, 11) is -4.21. The molecule has 0 radical (unpaired) electrons. The molecule has 0 fully saturated rings. The lowest BCUT2D eigenvalue weighted by Gasteiger charge is -1.99. The number of hydrogen-bond donors (Lipinski definition) is 2. The van der Waals surface area contributed by atoms with Gasteiger partial charge in [-0.3, -0.25) is 0 Å². The molecule has 0 bridgehead atoms. The van der Waals surface area contributed by atoms with Gasteiger partial charge in [-0.25, -0.2) is 0 Å². The molecule has 0 rings (SSSR count). The molecular formula is C3H9O3P2+. The van der Waals surface area contributed by atoms with Crippen LogP contribution in [0.5, 0.6) is 0 Å². The largest absolute Gasteiger partial charge is 0.425 e. The highest BCUT2D eigenvalue weighted by atomic mass is 31.2. The summed E-state index contributed by atoms with van der Waals surface area (Å²) in [6.45, 7) is 1.43. The Kier molecular flexibility index (Phi) is 2.89. The Morgan fingerprint density at radius 2 is 2.12 bits per heavy atom. The van der Waals surface area contributed by atoms with E-state index >= 15 is 0 Å². The Balaban J connectivity index is 3.74. The molecule has 0 saturated heterocycles. The fourth-order valence-electron chi connectivity index (χ4n) is 0.203. The van der Waals surface area contributed by atoms with Gasteiger partial charge < -0.3 is 4.89 Å². The second-order valence-electron chi connectivity index (χ2n) is 1.48. The van der Waals surface area contributed by atoms with E-state index in [-0.39, 0.29) is 0 Å². The first kappa shape index (κ1) is 8.35. The van der Waals surface area contributed by atoms with E-state index in [0.717, 1.165) is 0 Å². The fourth-order valence-corrected chi connectivity index (χ4v) is 1.83. The molecule has 0 aromatic carbocycles. The Hall–Kier alpha value is 0.350. The maximum absolute atomic E-state index is 8.78. The molecular weight excluding hydrogens is 146 g/mol. The van der Waals surface area contributed by atoms with Crippen LogP contribution in [0.4, 0.5) is 0 Å². The van der Waals surface area contributed by atoms with Crippen molar-refractivity contribution < 1.29 is 14.1 Å². The lowest BCUT2D eigenvalue weighted by atomic mass is 11.9. The molecule has 0 aliphatic heterocycles. The lowest BCUT2D eigenvalue weighted by Crippen LogP contribution is -1.75. The van der Waals surface area contributed by atoms with Gasteiger partial charge in [-0.2, -0.15) is 4.89 Å². The fraction of sp³-hybridized carbons (Fsp3) is 0.333. The highest BCUT2D eigenvalue weighted by molar-refractivity contribution is 7.69. The predicted octanol–water partition coefficient (Wildman–Crippen LogP) is 0.641. The molecule has 48 valence electrons. The predicted molar refractivity (Wildman–Crippen MR) is 39.5 cm³/mol. The molecule has 0 aliphatic carbocycles. The van der Waals surface area contributed by atoms with E-state index in [0.29, 0.717) is 0 Å². The van der Waals surface area contributed by atoms with Crippen molar-refractivity contribution in [3.63, 3.8) is 0 Å². The molecule has 0 aromatic heterocycles. The van der Waals surface area contributed by atoms with E-state index in [2.05, 4.69) is 16.9 Å². The van der Waals surface area contributed by atoms with E-state index < -0.39 is 15.3 Å². The third-order valence-electron chi connectivity index (χ3n) is 0.270. The van der Waals surface area contributed by atoms with Gasteiger partial charge in [0, 0.05) is 6.66 Å². The molecule has 0 amide bonds. The average Bonchev–Trinajstić information content (AvgIpc) is 1.21. The van der Waals surface area contributed by atoms with Gasteiger partial charge in [0.1, 0.15) is 6.30 Å². The molecule has 0 spiro atoms. The Labute approximate surface area is 49.6 Å². The van der Waals surface area contributed by atoms with Gasteiger partial charge in [0.15, 0.2) is 7.34 Å². The van der Waals surface area contributed by atoms with Gasteiger partial charge in [0.25, 0.3) is 0 Å². The van der Waals surface area contributed by atoms with Crippen LogP contribution in [0.15, 0.2) is 0 Å². The summed E-state index contributed by atoms with van der Waals surface area (Å²) < 4.78 is 4.50. The van der Waals surface area contributed by atoms with Crippen LogP contribution in [-0.2, 0) is 4.31 Å². The SMILES string of the molecule is C=[P+](O)OP(=C)(C)O. The molecule has 2 unspecified atom stereocenters. The minimum absolute atomic E-state index is 1.43. The first-order valence-electron chi connectivity index (χ1n) is 1.84. The molecule has 0 aliphatic rings. The van der Waals surface area contributed by atoms with Gasteiger partial charge in [-0.1, -0.05) is 0 Å². The van der Waals surface area contributed by atoms with Crippen molar-refractivity contribution in [1.29, 1.82) is 0 Å². The second-order valence-corrected chi connectivity index (χ2v) is 4.94. The van der Waals surface area contributed by atoms with Gasteiger partial charge >= 0.3 is 8.00 Å². The summed E-state index contributed by atoms with van der Waals surface area (Å²) in [5.74, 6) is 0. The number of hydrogen-bond acceptors (Lipinski definition) is 3. The van der Waals surface area contributed by atoms with E-state index in [1.165, 1.54) is 6.66 Å². The van der Waals surface area contributed by atoms with Crippen molar-refractivity contribution in [3.8, 4) is 0 Å². The van der Waals surface area contributed by atoms with Gasteiger partial charge in [0.05, 0.1) is 0 Å². The van der Waals surface area contributed by atoms with Crippen LogP contribution >= 0.6 is 15.3 Å². The third kappa shape index (κ3) is 6.35. The van der Waals surface area contributed by atoms with Crippen molar-refractivity contribution in [3.05, 3.63) is 0 Å². The first-order chi connectivity index (χ1) is 3.42. The Morgan fingerprint density at radius 1 is 1.75 bits per heavy atom. The maximum atomic E-state index is 8.78. The Morgan fingerprint density at radius 3 is 2.12 bits per heavy atom. The van der Waals surface area contributed by atoms with Crippen LogP contribution in [0.25, 0.3) is 0 Å². The van der Waals surface area contributed by atoms with Crippen molar-refractivity contribution in [2.75, 3.05) is 6.66 Å². The standard InChI is InChI=1S/C3H9O3P2/c1-7(4)6-8(2,3)5/h4-5H,1-2H2,3H3/q+1. The summed E-state index contributed by atoms with van der Waals surface area (Å²) in [6.07, 6.45) is 6.42. The molecule has 0 heterocycles. The average molecular weight is 155 g/mol. The molecule has 5 heteroatoms. The monoisotopic (exact) mass is 155 g/mol. The van der Waals surface area contributed by atoms with E-state index in [4.69, 9.17) is 9.79 Å². The third-order valence-corrected chi connectivity index (χ3v) is 2.43. The van der Waals surface area contributed by atoms with Crippen molar-refractivity contribution in [1.82, 2.24) is 0 Å². The first-order valence-corrected chi connectivity index (χ1v) is 5.53. The van der Waals surface area contributed by atoms with E-state index in [9.17, 15) is 0 Å². The Bertz CT molecular complexity index is 135. The van der Waals surface area contributed by atoms with Crippen LogP contribution < -0.4 is 0 Å². The van der Waals surface area contributed by atoms with Crippen LogP contribution in [0.3, 0.4) is 0 Å². The van der Waals surface area contributed by atoms with E-state index in [1.807, 2.05) is 0 Å². The topological polar surface area (TPSA) is 49.7 Å². The normalized spacial score (nSPS) is 19.6. The minimum atomic E-state index is -2.51. The van der Waals surface area contributed by atoms with Gasteiger partial charge in [0.2, 0.25) is 0 Å². The second kappa shape index (κ2) is 2.77. The summed E-state index contributed by atoms with van der Waals surface area (Å²) in [4.78, 5) is 17.2.